The van der Waals surface area contributed by atoms with E-state index >= 15 is 0 Å². The fourth-order valence-electron chi connectivity index (χ4n) is 1.68. The third kappa shape index (κ3) is 3.50. The van der Waals surface area contributed by atoms with Gasteiger partial charge in [0.25, 0.3) is 0 Å². The van der Waals surface area contributed by atoms with Gasteiger partial charge in [-0.2, -0.15) is 0 Å². The molecule has 0 spiro atoms. The molecule has 1 nitrogen and oxygen atoms in total. The molecule has 1 aromatic carbocycles. The molecule has 0 unspecified atom stereocenters. The van der Waals surface area contributed by atoms with E-state index in [1.807, 2.05) is 19.1 Å². The third-order valence-electron chi connectivity index (χ3n) is 2.38. The van der Waals surface area contributed by atoms with Gasteiger partial charge in [0, 0.05) is 6.42 Å². The van der Waals surface area contributed by atoms with E-state index in [4.69, 9.17) is 0 Å². The summed E-state index contributed by atoms with van der Waals surface area (Å²) in [4.78, 5) is 11.1. The summed E-state index contributed by atoms with van der Waals surface area (Å²) >= 11 is 0. The molecule has 0 saturated heterocycles. The number of Topliss-reactive ketones (excluding diaryl/α,β-unsaturated/α-hetero) is 1. The van der Waals surface area contributed by atoms with Crippen LogP contribution in [-0.2, 0) is 17.6 Å². The van der Waals surface area contributed by atoms with Crippen molar-refractivity contribution in [2.24, 2.45) is 0 Å². The standard InChI is InChI=1S/C15H18O/c1-5-6-13-8-14(7-12(4)16)10-15(9-13)11(2)3/h5,8-10H,1-2,6-7H2,3-4H3. The van der Waals surface area contributed by atoms with E-state index in [1.54, 1.807) is 6.92 Å². The second-order valence-electron chi connectivity index (χ2n) is 4.19. The van der Waals surface area contributed by atoms with Crippen molar-refractivity contribution >= 4 is 11.4 Å². The lowest BCUT2D eigenvalue weighted by Crippen LogP contribution is -1.98. The Balaban J connectivity index is 3.12. The van der Waals surface area contributed by atoms with Crippen molar-refractivity contribution < 1.29 is 4.79 Å². The van der Waals surface area contributed by atoms with Gasteiger partial charge >= 0.3 is 0 Å². The highest BCUT2D eigenvalue weighted by Crippen LogP contribution is 2.18. The van der Waals surface area contributed by atoms with E-state index in [-0.39, 0.29) is 5.78 Å². The third-order valence-corrected chi connectivity index (χ3v) is 2.38. The van der Waals surface area contributed by atoms with Gasteiger partial charge in [-0.25, -0.2) is 0 Å². The normalized spacial score (nSPS) is 9.88. The molecule has 0 aliphatic carbocycles. The molecule has 0 bridgehead atoms. The average molecular weight is 214 g/mol. The van der Waals surface area contributed by atoms with Crippen molar-refractivity contribution in [3.8, 4) is 0 Å². The summed E-state index contributed by atoms with van der Waals surface area (Å²) in [7, 11) is 0. The molecule has 0 atom stereocenters. The maximum Gasteiger partial charge on any atom is 0.134 e. The topological polar surface area (TPSA) is 17.1 Å². The predicted octanol–water partition coefficient (Wildman–Crippen LogP) is 3.58. The first kappa shape index (κ1) is 12.4. The number of ketones is 1. The number of hydrogen-bond acceptors (Lipinski definition) is 1. The van der Waals surface area contributed by atoms with Crippen molar-refractivity contribution in [2.75, 3.05) is 0 Å². The van der Waals surface area contributed by atoms with Crippen molar-refractivity contribution in [1.29, 1.82) is 0 Å². The second kappa shape index (κ2) is 5.45. The van der Waals surface area contributed by atoms with E-state index in [0.717, 1.165) is 23.1 Å². The van der Waals surface area contributed by atoms with Crippen molar-refractivity contribution in [2.45, 2.75) is 26.7 Å². The van der Waals surface area contributed by atoms with E-state index in [9.17, 15) is 4.79 Å². The van der Waals surface area contributed by atoms with Gasteiger partial charge in [0.1, 0.15) is 5.78 Å². The number of rotatable bonds is 5. The molecular formula is C15H18O. The van der Waals surface area contributed by atoms with Crippen LogP contribution in [0.15, 0.2) is 37.4 Å². The molecule has 0 fully saturated rings. The molecule has 0 saturated carbocycles. The van der Waals surface area contributed by atoms with Gasteiger partial charge in [0.05, 0.1) is 0 Å². The minimum Gasteiger partial charge on any atom is -0.300 e. The number of benzene rings is 1. The van der Waals surface area contributed by atoms with Crippen LogP contribution in [0.1, 0.15) is 30.5 Å². The SMILES string of the molecule is C=CCc1cc(CC(C)=O)cc(C(=C)C)c1. The molecule has 1 rings (SSSR count). The number of carbonyl (C=O) groups is 1. The van der Waals surface area contributed by atoms with Crippen LogP contribution >= 0.6 is 0 Å². The molecule has 84 valence electrons. The van der Waals surface area contributed by atoms with Crippen LogP contribution in [0.25, 0.3) is 5.57 Å². The summed E-state index contributed by atoms with van der Waals surface area (Å²) in [5, 5.41) is 0. The molecule has 0 aromatic heterocycles. The van der Waals surface area contributed by atoms with Crippen LogP contribution < -0.4 is 0 Å². The lowest BCUT2D eigenvalue weighted by atomic mass is 9.97. The van der Waals surface area contributed by atoms with Gasteiger partial charge in [0.15, 0.2) is 0 Å². The van der Waals surface area contributed by atoms with Crippen molar-refractivity contribution in [3.63, 3.8) is 0 Å². The lowest BCUT2D eigenvalue weighted by Gasteiger charge is -2.07. The molecule has 0 aliphatic heterocycles. The molecule has 1 heteroatoms. The van der Waals surface area contributed by atoms with Crippen LogP contribution in [0.3, 0.4) is 0 Å². The number of hydrogen-bond donors (Lipinski definition) is 0. The summed E-state index contributed by atoms with van der Waals surface area (Å²) in [6.07, 6.45) is 3.19. The maximum atomic E-state index is 11.1. The van der Waals surface area contributed by atoms with Crippen molar-refractivity contribution in [3.05, 3.63) is 54.1 Å². The molecule has 0 radical (unpaired) electrons. The fraction of sp³-hybridized carbons (Fsp3) is 0.267. The second-order valence-corrected chi connectivity index (χ2v) is 4.19. The minimum atomic E-state index is 0.184. The highest BCUT2D eigenvalue weighted by Gasteiger charge is 2.03. The monoisotopic (exact) mass is 214 g/mol. The average Bonchev–Trinajstić information content (AvgIpc) is 2.16. The van der Waals surface area contributed by atoms with Gasteiger partial charge in [-0.05, 0) is 37.0 Å². The summed E-state index contributed by atoms with van der Waals surface area (Å²) in [5.41, 5.74) is 4.38. The highest BCUT2D eigenvalue weighted by molar-refractivity contribution is 5.78. The zero-order valence-corrected chi connectivity index (χ0v) is 10.0. The Bertz CT molecular complexity index is 427. The summed E-state index contributed by atoms with van der Waals surface area (Å²) in [6, 6.07) is 6.21. The first-order valence-corrected chi connectivity index (χ1v) is 5.42. The van der Waals surface area contributed by atoms with E-state index in [2.05, 4.69) is 25.3 Å². The van der Waals surface area contributed by atoms with E-state index in [1.165, 1.54) is 5.56 Å². The molecule has 0 aliphatic rings. The summed E-state index contributed by atoms with van der Waals surface area (Å²) in [6.45, 7) is 11.3. The smallest absolute Gasteiger partial charge is 0.134 e. The lowest BCUT2D eigenvalue weighted by molar-refractivity contribution is -0.116. The molecule has 16 heavy (non-hydrogen) atoms. The van der Waals surface area contributed by atoms with E-state index in [0.29, 0.717) is 6.42 Å². The van der Waals surface area contributed by atoms with Crippen LogP contribution in [0.2, 0.25) is 0 Å². The Morgan fingerprint density at radius 3 is 2.38 bits per heavy atom. The van der Waals surface area contributed by atoms with Gasteiger partial charge in [-0.15, -0.1) is 6.58 Å². The van der Waals surface area contributed by atoms with E-state index < -0.39 is 0 Å². The van der Waals surface area contributed by atoms with Crippen LogP contribution in [0, 0.1) is 0 Å². The molecule has 0 amide bonds. The highest BCUT2D eigenvalue weighted by atomic mass is 16.1. The van der Waals surface area contributed by atoms with Gasteiger partial charge in [-0.3, -0.25) is 4.79 Å². The molecule has 0 N–H and O–H groups in total. The van der Waals surface area contributed by atoms with Crippen LogP contribution in [0.4, 0.5) is 0 Å². The largest absolute Gasteiger partial charge is 0.300 e. The Hall–Kier alpha value is -1.63. The zero-order chi connectivity index (χ0) is 12.1. The quantitative estimate of drug-likeness (QED) is 0.685. The first-order chi connectivity index (χ1) is 7.52. The van der Waals surface area contributed by atoms with Crippen molar-refractivity contribution in [1.82, 2.24) is 0 Å². The molecule has 0 heterocycles. The Labute approximate surface area is 97.5 Å². The van der Waals surface area contributed by atoms with Gasteiger partial charge < -0.3 is 0 Å². The number of carbonyl (C=O) groups excluding carboxylic acids is 1. The zero-order valence-electron chi connectivity index (χ0n) is 10.0. The molecular weight excluding hydrogens is 196 g/mol. The summed E-state index contributed by atoms with van der Waals surface area (Å²) in [5.74, 6) is 0.184. The Morgan fingerprint density at radius 2 is 1.88 bits per heavy atom. The Morgan fingerprint density at radius 1 is 1.25 bits per heavy atom. The molecule has 1 aromatic rings. The van der Waals surface area contributed by atoms with Crippen LogP contribution in [-0.4, -0.2) is 5.78 Å². The van der Waals surface area contributed by atoms with Gasteiger partial charge in [-0.1, -0.05) is 36.4 Å². The maximum absolute atomic E-state index is 11.1. The minimum absolute atomic E-state index is 0.184. The summed E-state index contributed by atoms with van der Waals surface area (Å²) < 4.78 is 0. The Kier molecular flexibility index (Phi) is 4.24. The van der Waals surface area contributed by atoms with Crippen LogP contribution in [0.5, 0.6) is 0 Å². The number of allylic oxidation sites excluding steroid dienone is 2. The predicted molar refractivity (Wildman–Crippen MR) is 69.4 cm³/mol. The fourth-order valence-corrected chi connectivity index (χ4v) is 1.68. The first-order valence-electron chi connectivity index (χ1n) is 5.42. The van der Waals surface area contributed by atoms with Gasteiger partial charge in [0.2, 0.25) is 0 Å².